The lowest BCUT2D eigenvalue weighted by molar-refractivity contribution is 0.450. The average molecular weight is 282 g/mol. The molecule has 1 aromatic heterocycles. The van der Waals surface area contributed by atoms with E-state index < -0.39 is 0 Å². The van der Waals surface area contributed by atoms with Crippen molar-refractivity contribution in [3.63, 3.8) is 0 Å². The summed E-state index contributed by atoms with van der Waals surface area (Å²) in [6.07, 6.45) is 4.61. The monoisotopic (exact) mass is 282 g/mol. The van der Waals surface area contributed by atoms with Crippen molar-refractivity contribution in [2.24, 2.45) is 5.73 Å². The van der Waals surface area contributed by atoms with Gasteiger partial charge in [0.05, 0.1) is 0 Å². The molecule has 0 spiro atoms. The third-order valence-corrected chi connectivity index (χ3v) is 4.25. The van der Waals surface area contributed by atoms with Crippen LogP contribution in [0.1, 0.15) is 40.8 Å². The lowest BCUT2D eigenvalue weighted by Gasteiger charge is -2.18. The van der Waals surface area contributed by atoms with Crippen LogP contribution in [0.25, 0.3) is 0 Å². The second-order valence-electron chi connectivity index (χ2n) is 5.82. The first kappa shape index (κ1) is 14.1. The highest BCUT2D eigenvalue weighted by Crippen LogP contribution is 2.29. The number of hydrogen-bond acceptors (Lipinski definition) is 3. The van der Waals surface area contributed by atoms with Crippen LogP contribution >= 0.6 is 0 Å². The van der Waals surface area contributed by atoms with E-state index in [0.29, 0.717) is 12.4 Å². The zero-order valence-electron chi connectivity index (χ0n) is 12.8. The summed E-state index contributed by atoms with van der Waals surface area (Å²) >= 11 is 0. The number of rotatable bonds is 3. The predicted octanol–water partition coefficient (Wildman–Crippen LogP) is 3.83. The molecule has 0 atom stereocenters. The van der Waals surface area contributed by atoms with E-state index in [9.17, 15) is 0 Å². The van der Waals surface area contributed by atoms with Gasteiger partial charge in [0.1, 0.15) is 5.75 Å². The lowest BCUT2D eigenvalue weighted by Crippen LogP contribution is -2.10. The number of pyridine rings is 1. The summed E-state index contributed by atoms with van der Waals surface area (Å²) in [6, 6.07) is 8.30. The van der Waals surface area contributed by atoms with Gasteiger partial charge in [-0.1, -0.05) is 6.07 Å². The Morgan fingerprint density at radius 1 is 1.10 bits per heavy atom. The molecule has 2 aromatic rings. The summed E-state index contributed by atoms with van der Waals surface area (Å²) in [7, 11) is 0. The number of ether oxygens (including phenoxy) is 1. The number of benzene rings is 1. The maximum absolute atomic E-state index is 6.01. The molecule has 0 saturated carbocycles. The standard InChI is InChI=1S/C18H22N2O/c1-12-7-8-16(9-13(12)2)21-18-15(11-19)10-14-5-3-4-6-17(14)20-18/h7-10H,3-6,11,19H2,1-2H3. The fourth-order valence-electron chi connectivity index (χ4n) is 2.79. The molecule has 0 bridgehead atoms. The smallest absolute Gasteiger partial charge is 0.223 e. The number of fused-ring (bicyclic) bond motifs is 1. The molecule has 1 aliphatic carbocycles. The summed E-state index contributed by atoms with van der Waals surface area (Å²) in [5.74, 6) is 1.50. The number of hydrogen-bond donors (Lipinski definition) is 1. The Hall–Kier alpha value is -1.87. The van der Waals surface area contributed by atoms with Crippen molar-refractivity contribution in [1.82, 2.24) is 4.98 Å². The molecule has 3 heteroatoms. The Labute approximate surface area is 126 Å². The molecule has 0 fully saturated rings. The van der Waals surface area contributed by atoms with Gasteiger partial charge in [-0.05, 0) is 74.4 Å². The first-order valence-electron chi connectivity index (χ1n) is 7.64. The number of nitrogens with two attached hydrogens (primary N) is 1. The van der Waals surface area contributed by atoms with Crippen molar-refractivity contribution < 1.29 is 4.74 Å². The Kier molecular flexibility index (Phi) is 3.93. The highest BCUT2D eigenvalue weighted by Gasteiger charge is 2.16. The third kappa shape index (κ3) is 2.93. The molecule has 110 valence electrons. The first-order valence-corrected chi connectivity index (χ1v) is 7.64. The van der Waals surface area contributed by atoms with Gasteiger partial charge in [0, 0.05) is 17.8 Å². The Bertz CT molecular complexity index is 665. The predicted molar refractivity (Wildman–Crippen MR) is 84.8 cm³/mol. The summed E-state index contributed by atoms with van der Waals surface area (Å²) < 4.78 is 6.01. The maximum atomic E-state index is 6.01. The van der Waals surface area contributed by atoms with Crippen LogP contribution < -0.4 is 10.5 Å². The molecule has 3 nitrogen and oxygen atoms in total. The van der Waals surface area contributed by atoms with Crippen molar-refractivity contribution in [2.45, 2.75) is 46.1 Å². The van der Waals surface area contributed by atoms with Gasteiger partial charge in [-0.15, -0.1) is 0 Å². The third-order valence-electron chi connectivity index (χ3n) is 4.25. The molecule has 1 aromatic carbocycles. The van der Waals surface area contributed by atoms with Crippen molar-refractivity contribution in [2.75, 3.05) is 0 Å². The molecule has 0 aliphatic heterocycles. The normalized spacial score (nSPS) is 13.9. The quantitative estimate of drug-likeness (QED) is 0.930. The van der Waals surface area contributed by atoms with E-state index in [1.807, 2.05) is 6.07 Å². The second-order valence-corrected chi connectivity index (χ2v) is 5.82. The molecule has 0 radical (unpaired) electrons. The fourth-order valence-corrected chi connectivity index (χ4v) is 2.79. The van der Waals surface area contributed by atoms with Gasteiger partial charge in [0.25, 0.3) is 0 Å². The molecular weight excluding hydrogens is 260 g/mol. The van der Waals surface area contributed by atoms with Gasteiger partial charge in [-0.2, -0.15) is 0 Å². The van der Waals surface area contributed by atoms with Gasteiger partial charge in [-0.25, -0.2) is 4.98 Å². The highest BCUT2D eigenvalue weighted by molar-refractivity contribution is 5.40. The van der Waals surface area contributed by atoms with Gasteiger partial charge < -0.3 is 10.5 Å². The van der Waals surface area contributed by atoms with Crippen molar-refractivity contribution in [3.05, 3.63) is 52.2 Å². The molecule has 21 heavy (non-hydrogen) atoms. The molecule has 0 saturated heterocycles. The molecule has 1 heterocycles. The van der Waals surface area contributed by atoms with E-state index in [-0.39, 0.29) is 0 Å². The maximum Gasteiger partial charge on any atom is 0.223 e. The van der Waals surface area contributed by atoms with E-state index >= 15 is 0 Å². The first-order chi connectivity index (χ1) is 10.2. The summed E-state index contributed by atoms with van der Waals surface area (Å²) in [5, 5.41) is 0. The van der Waals surface area contributed by atoms with Gasteiger partial charge in [0.15, 0.2) is 0 Å². The molecule has 0 unspecified atom stereocenters. The summed E-state index contributed by atoms with van der Waals surface area (Å²) in [4.78, 5) is 4.73. The largest absolute Gasteiger partial charge is 0.439 e. The van der Waals surface area contributed by atoms with Gasteiger partial charge in [-0.3, -0.25) is 0 Å². The van der Waals surface area contributed by atoms with Crippen LogP contribution in [0, 0.1) is 13.8 Å². The van der Waals surface area contributed by atoms with Crippen LogP contribution in [-0.4, -0.2) is 4.98 Å². The van der Waals surface area contributed by atoms with Crippen molar-refractivity contribution >= 4 is 0 Å². The SMILES string of the molecule is Cc1ccc(Oc2nc3c(cc2CN)CCCC3)cc1C. The van der Waals surface area contributed by atoms with Crippen LogP contribution in [0.2, 0.25) is 0 Å². The van der Waals surface area contributed by atoms with Crippen LogP contribution in [0.15, 0.2) is 24.3 Å². The van der Waals surface area contributed by atoms with Crippen LogP contribution in [0.4, 0.5) is 0 Å². The van der Waals surface area contributed by atoms with E-state index in [0.717, 1.165) is 24.2 Å². The van der Waals surface area contributed by atoms with E-state index in [1.54, 1.807) is 0 Å². The minimum Gasteiger partial charge on any atom is -0.439 e. The average Bonchev–Trinajstić information content (AvgIpc) is 2.50. The molecule has 1 aliphatic rings. The Morgan fingerprint density at radius 3 is 2.67 bits per heavy atom. The zero-order valence-corrected chi connectivity index (χ0v) is 12.8. The molecule has 0 amide bonds. The highest BCUT2D eigenvalue weighted by atomic mass is 16.5. The minimum atomic E-state index is 0.459. The fraction of sp³-hybridized carbons (Fsp3) is 0.389. The minimum absolute atomic E-state index is 0.459. The van der Waals surface area contributed by atoms with Crippen molar-refractivity contribution in [3.8, 4) is 11.6 Å². The lowest BCUT2D eigenvalue weighted by atomic mass is 9.95. The van der Waals surface area contributed by atoms with Gasteiger partial charge >= 0.3 is 0 Å². The number of aryl methyl sites for hydroxylation is 4. The second kappa shape index (κ2) is 5.86. The van der Waals surface area contributed by atoms with E-state index in [1.165, 1.54) is 35.2 Å². The molecule has 2 N–H and O–H groups in total. The topological polar surface area (TPSA) is 48.1 Å². The van der Waals surface area contributed by atoms with Crippen molar-refractivity contribution in [1.29, 1.82) is 0 Å². The number of nitrogens with zero attached hydrogens (tertiary/aromatic N) is 1. The Morgan fingerprint density at radius 2 is 1.90 bits per heavy atom. The van der Waals surface area contributed by atoms with E-state index in [2.05, 4.69) is 32.0 Å². The van der Waals surface area contributed by atoms with E-state index in [4.69, 9.17) is 15.5 Å². The summed E-state index contributed by atoms with van der Waals surface area (Å²) in [5.41, 5.74) is 11.9. The summed E-state index contributed by atoms with van der Waals surface area (Å²) in [6.45, 7) is 4.65. The Balaban J connectivity index is 1.95. The zero-order chi connectivity index (χ0) is 14.8. The van der Waals surface area contributed by atoms with Gasteiger partial charge in [0.2, 0.25) is 5.88 Å². The molecular formula is C18H22N2O. The number of aromatic nitrogens is 1. The molecule has 3 rings (SSSR count). The van der Waals surface area contributed by atoms with Crippen LogP contribution in [0.5, 0.6) is 11.6 Å². The van der Waals surface area contributed by atoms with Crippen LogP contribution in [0.3, 0.4) is 0 Å². The van der Waals surface area contributed by atoms with Crippen LogP contribution in [-0.2, 0) is 19.4 Å².